The smallest absolute Gasteiger partial charge is 0.265 e. The van der Waals surface area contributed by atoms with Crippen LogP contribution in [-0.4, -0.2) is 65.6 Å². The molecule has 4 aromatic rings. The van der Waals surface area contributed by atoms with Crippen molar-refractivity contribution in [2.75, 3.05) is 38.7 Å². The predicted octanol–water partition coefficient (Wildman–Crippen LogP) is 5.99. The molecule has 10 nitrogen and oxygen atoms in total. The van der Waals surface area contributed by atoms with E-state index in [1.165, 1.54) is 56.6 Å². The highest BCUT2D eigenvalue weighted by atomic mass is 35.5. The molecular weight excluding hydrogens is 677 g/mol. The lowest BCUT2D eigenvalue weighted by Crippen LogP contribution is -2.53. The number of ether oxygens (including phenoxy) is 3. The number of carbonyl (C=O) groups excluding carboxylic acids is 2. The van der Waals surface area contributed by atoms with E-state index >= 15 is 0 Å². The van der Waals surface area contributed by atoms with E-state index in [2.05, 4.69) is 5.32 Å². The van der Waals surface area contributed by atoms with Crippen LogP contribution in [-0.2, 0) is 32.6 Å². The molecule has 254 valence electrons. The number of sulfonamides is 1. The third kappa shape index (κ3) is 8.52. The van der Waals surface area contributed by atoms with Crippen LogP contribution in [0.5, 0.6) is 17.2 Å². The fraction of sp³-hybridized carbons (Fsp3) is 0.257. The van der Waals surface area contributed by atoms with Crippen LogP contribution in [0.25, 0.3) is 0 Å². The molecule has 0 fully saturated rings. The lowest BCUT2D eigenvalue weighted by molar-refractivity contribution is -0.140. The van der Waals surface area contributed by atoms with Gasteiger partial charge in [-0.2, -0.15) is 0 Å². The number of nitrogens with zero attached hydrogens (tertiary/aromatic N) is 2. The van der Waals surface area contributed by atoms with E-state index in [1.54, 1.807) is 37.3 Å². The average Bonchev–Trinajstić information content (AvgIpc) is 3.09. The minimum absolute atomic E-state index is 0.0171. The third-order valence-electron chi connectivity index (χ3n) is 7.55. The maximum absolute atomic E-state index is 14.6. The number of carbonyl (C=O) groups is 2. The first-order valence-electron chi connectivity index (χ1n) is 15.0. The Kier molecular flexibility index (Phi) is 12.6. The van der Waals surface area contributed by atoms with Crippen molar-refractivity contribution in [2.24, 2.45) is 0 Å². The van der Waals surface area contributed by atoms with Gasteiger partial charge in [-0.15, -0.1) is 0 Å². The number of amides is 2. The molecule has 1 atom stereocenters. The summed E-state index contributed by atoms with van der Waals surface area (Å²) in [4.78, 5) is 29.5. The van der Waals surface area contributed by atoms with Crippen LogP contribution >= 0.6 is 23.2 Å². The van der Waals surface area contributed by atoms with Crippen molar-refractivity contribution >= 4 is 50.7 Å². The number of likely N-dealkylation sites (N-methyl/N-ethyl adjacent to an activating group) is 1. The van der Waals surface area contributed by atoms with E-state index in [4.69, 9.17) is 37.4 Å². The molecule has 4 aromatic carbocycles. The number of rotatable bonds is 15. The molecule has 4 rings (SSSR count). The summed E-state index contributed by atoms with van der Waals surface area (Å²) < 4.78 is 46.1. The Morgan fingerprint density at radius 3 is 2.10 bits per heavy atom. The van der Waals surface area contributed by atoms with Gasteiger partial charge in [-0.25, -0.2) is 8.42 Å². The number of methoxy groups -OCH3 is 3. The summed E-state index contributed by atoms with van der Waals surface area (Å²) >= 11 is 12.9. The molecule has 13 heteroatoms. The quantitative estimate of drug-likeness (QED) is 0.161. The first kappa shape index (κ1) is 36.4. The van der Waals surface area contributed by atoms with Crippen molar-refractivity contribution in [3.63, 3.8) is 0 Å². The van der Waals surface area contributed by atoms with E-state index in [1.807, 2.05) is 30.3 Å². The molecule has 0 saturated carbocycles. The fourth-order valence-corrected chi connectivity index (χ4v) is 6.93. The Morgan fingerprint density at radius 1 is 0.812 bits per heavy atom. The molecule has 0 heterocycles. The fourth-order valence-electron chi connectivity index (χ4n) is 5.13. The maximum Gasteiger partial charge on any atom is 0.265 e. The molecule has 48 heavy (non-hydrogen) atoms. The average molecular weight is 715 g/mol. The van der Waals surface area contributed by atoms with Crippen LogP contribution in [0.15, 0.2) is 95.9 Å². The Morgan fingerprint density at radius 2 is 1.46 bits per heavy atom. The summed E-state index contributed by atoms with van der Waals surface area (Å²) in [6.07, 6.45) is 0.159. The topological polar surface area (TPSA) is 114 Å². The summed E-state index contributed by atoms with van der Waals surface area (Å²) in [5.74, 6) is -0.443. The van der Waals surface area contributed by atoms with Crippen LogP contribution in [0.4, 0.5) is 5.69 Å². The van der Waals surface area contributed by atoms with Gasteiger partial charge in [0.1, 0.15) is 18.3 Å². The van der Waals surface area contributed by atoms with Crippen molar-refractivity contribution in [1.82, 2.24) is 10.2 Å². The van der Waals surface area contributed by atoms with Crippen LogP contribution in [0.1, 0.15) is 18.1 Å². The summed E-state index contributed by atoms with van der Waals surface area (Å²) in [7, 11) is -0.303. The molecule has 0 bridgehead atoms. The Hall–Kier alpha value is -4.45. The molecule has 2 amide bonds. The van der Waals surface area contributed by atoms with E-state index in [0.29, 0.717) is 22.9 Å². The van der Waals surface area contributed by atoms with Gasteiger partial charge >= 0.3 is 0 Å². The highest BCUT2D eigenvalue weighted by molar-refractivity contribution is 7.92. The highest BCUT2D eigenvalue weighted by Gasteiger charge is 2.36. The number of benzene rings is 4. The molecular formula is C35H37Cl2N3O7S. The van der Waals surface area contributed by atoms with E-state index in [9.17, 15) is 18.0 Å². The van der Waals surface area contributed by atoms with Crippen molar-refractivity contribution in [1.29, 1.82) is 0 Å². The van der Waals surface area contributed by atoms with Crippen LogP contribution in [0.2, 0.25) is 10.0 Å². The van der Waals surface area contributed by atoms with Crippen LogP contribution in [0, 0.1) is 0 Å². The first-order valence-corrected chi connectivity index (χ1v) is 17.2. The van der Waals surface area contributed by atoms with E-state index in [-0.39, 0.29) is 40.1 Å². The van der Waals surface area contributed by atoms with Gasteiger partial charge in [0.05, 0.1) is 31.9 Å². The minimum Gasteiger partial charge on any atom is -0.495 e. The second-order valence-electron chi connectivity index (χ2n) is 10.6. The van der Waals surface area contributed by atoms with Crippen molar-refractivity contribution in [3.05, 3.63) is 112 Å². The SMILES string of the molecule is CCNC(=O)[C@@H](Cc1ccccc1)N(Cc1ccccc1Cl)C(=O)CN(c1cc(Cl)ccc1OC)S(=O)(=O)c1ccc(OC)c(OC)c1. The van der Waals surface area contributed by atoms with Crippen molar-refractivity contribution in [3.8, 4) is 17.2 Å². The van der Waals surface area contributed by atoms with Gasteiger partial charge in [0, 0.05) is 35.6 Å². The molecule has 0 aliphatic rings. The molecule has 0 aromatic heterocycles. The predicted molar refractivity (Wildman–Crippen MR) is 187 cm³/mol. The summed E-state index contributed by atoms with van der Waals surface area (Å²) in [6.45, 7) is 1.30. The summed E-state index contributed by atoms with van der Waals surface area (Å²) in [5, 5.41) is 3.43. The van der Waals surface area contributed by atoms with Gasteiger partial charge in [0.25, 0.3) is 10.0 Å². The van der Waals surface area contributed by atoms with Gasteiger partial charge < -0.3 is 24.4 Å². The zero-order valence-electron chi connectivity index (χ0n) is 27.0. The highest BCUT2D eigenvalue weighted by Crippen LogP contribution is 2.37. The molecule has 0 saturated heterocycles. The van der Waals surface area contributed by atoms with Crippen LogP contribution < -0.4 is 23.8 Å². The molecule has 0 unspecified atom stereocenters. The van der Waals surface area contributed by atoms with Gasteiger partial charge in [-0.3, -0.25) is 13.9 Å². The number of hydrogen-bond acceptors (Lipinski definition) is 7. The monoisotopic (exact) mass is 713 g/mol. The normalized spacial score (nSPS) is 11.7. The maximum atomic E-state index is 14.6. The molecule has 0 aliphatic heterocycles. The third-order valence-corrected chi connectivity index (χ3v) is 9.91. The van der Waals surface area contributed by atoms with Gasteiger partial charge in [0.2, 0.25) is 11.8 Å². The summed E-state index contributed by atoms with van der Waals surface area (Å²) in [5.41, 5.74) is 1.39. The lowest BCUT2D eigenvalue weighted by atomic mass is 10.0. The standard InChI is InChI=1S/C35H37Cl2N3O7S/c1-5-38-35(42)30(19-24-11-7-6-8-12-24)39(22-25-13-9-10-14-28(25)37)34(41)23-40(29-20-26(36)15-17-31(29)45-2)48(43,44)27-16-18-32(46-3)33(21-27)47-4/h6-18,20-21,30H,5,19,22-23H2,1-4H3,(H,38,42)/t30-/m1/s1. The van der Waals surface area contributed by atoms with E-state index < -0.39 is 34.4 Å². The second kappa shape index (κ2) is 16.6. The number of hydrogen-bond donors (Lipinski definition) is 1. The number of nitrogens with one attached hydrogen (secondary N) is 1. The zero-order chi connectivity index (χ0) is 34.8. The number of halogens is 2. The molecule has 0 aliphatic carbocycles. The van der Waals surface area contributed by atoms with Gasteiger partial charge in [-0.1, -0.05) is 71.7 Å². The van der Waals surface area contributed by atoms with Crippen LogP contribution in [0.3, 0.4) is 0 Å². The second-order valence-corrected chi connectivity index (χ2v) is 13.3. The van der Waals surface area contributed by atoms with Gasteiger partial charge in [0.15, 0.2) is 11.5 Å². The molecule has 1 N–H and O–H groups in total. The van der Waals surface area contributed by atoms with Gasteiger partial charge in [-0.05, 0) is 54.4 Å². The lowest BCUT2D eigenvalue weighted by Gasteiger charge is -2.34. The molecule has 0 spiro atoms. The zero-order valence-corrected chi connectivity index (χ0v) is 29.3. The number of anilines is 1. The van der Waals surface area contributed by atoms with E-state index in [0.717, 1.165) is 9.87 Å². The first-order chi connectivity index (χ1) is 23.0. The van der Waals surface area contributed by atoms with Crippen molar-refractivity contribution < 1.29 is 32.2 Å². The Bertz CT molecular complexity index is 1840. The minimum atomic E-state index is -4.50. The van der Waals surface area contributed by atoms with Crippen molar-refractivity contribution in [2.45, 2.75) is 30.8 Å². The summed E-state index contributed by atoms with van der Waals surface area (Å²) in [6, 6.07) is 23.7. The Balaban J connectivity index is 1.88. The largest absolute Gasteiger partial charge is 0.495 e. The molecule has 0 radical (unpaired) electrons. The Labute approximate surface area is 291 Å².